The van der Waals surface area contributed by atoms with Crippen molar-refractivity contribution in [3.8, 4) is 11.5 Å². The van der Waals surface area contributed by atoms with Crippen LogP contribution in [0.3, 0.4) is 0 Å². The average molecular weight is 576 g/mol. The van der Waals surface area contributed by atoms with E-state index in [1.54, 1.807) is 48.5 Å². The number of methoxy groups -OCH3 is 2. The summed E-state index contributed by atoms with van der Waals surface area (Å²) in [5, 5.41) is 3.90. The van der Waals surface area contributed by atoms with Crippen LogP contribution in [0.15, 0.2) is 87.3 Å². The third-order valence-corrected chi connectivity index (χ3v) is 7.00. The van der Waals surface area contributed by atoms with Crippen LogP contribution in [-0.2, 0) is 19.6 Å². The van der Waals surface area contributed by atoms with Crippen molar-refractivity contribution < 1.29 is 32.2 Å². The third kappa shape index (κ3) is 6.83. The van der Waals surface area contributed by atoms with Gasteiger partial charge in [0.2, 0.25) is 0 Å². The molecule has 0 radical (unpaired) electrons. The summed E-state index contributed by atoms with van der Waals surface area (Å²) < 4.78 is 43.0. The first kappa shape index (κ1) is 26.7. The van der Waals surface area contributed by atoms with Crippen LogP contribution in [0.4, 0.5) is 10.5 Å². The van der Waals surface area contributed by atoms with E-state index in [-0.39, 0.29) is 16.4 Å². The lowest BCUT2D eigenvalue weighted by molar-refractivity contribution is -0.119. The minimum atomic E-state index is -4.03. The largest absolute Gasteiger partial charge is 0.513 e. The van der Waals surface area contributed by atoms with Gasteiger partial charge in [-0.3, -0.25) is 9.10 Å². The minimum Gasteiger partial charge on any atom is -0.493 e. The lowest BCUT2D eigenvalue weighted by Crippen LogP contribution is -2.39. The van der Waals surface area contributed by atoms with E-state index in [2.05, 4.69) is 31.2 Å². The zero-order valence-electron chi connectivity index (χ0n) is 19.3. The molecule has 0 bridgehead atoms. The van der Waals surface area contributed by atoms with Gasteiger partial charge in [0.05, 0.1) is 31.0 Å². The summed E-state index contributed by atoms with van der Waals surface area (Å²) in [5.41, 5.74) is 3.16. The van der Waals surface area contributed by atoms with Gasteiger partial charge >= 0.3 is 6.16 Å². The molecule has 0 aliphatic rings. The molecule has 12 heteroatoms. The smallest absolute Gasteiger partial charge is 0.493 e. The van der Waals surface area contributed by atoms with Gasteiger partial charge in [-0.1, -0.05) is 34.1 Å². The predicted molar refractivity (Wildman–Crippen MR) is 137 cm³/mol. The van der Waals surface area contributed by atoms with Crippen LogP contribution in [0.25, 0.3) is 0 Å². The van der Waals surface area contributed by atoms with Gasteiger partial charge in [-0.05, 0) is 60.2 Å². The van der Waals surface area contributed by atoms with E-state index in [0.717, 1.165) is 8.78 Å². The van der Waals surface area contributed by atoms with Gasteiger partial charge < -0.3 is 14.2 Å². The number of sulfonamides is 1. The van der Waals surface area contributed by atoms with Crippen molar-refractivity contribution in [2.45, 2.75) is 4.90 Å². The second kappa shape index (κ2) is 12.2. The fourth-order valence-electron chi connectivity index (χ4n) is 2.97. The number of rotatable bonds is 9. The Bertz CT molecular complexity index is 1350. The van der Waals surface area contributed by atoms with Crippen molar-refractivity contribution in [3.05, 3.63) is 82.8 Å². The number of ether oxygens (including phenoxy) is 3. The number of hydrazone groups is 1. The summed E-state index contributed by atoms with van der Waals surface area (Å²) >= 11 is 3.32. The Morgan fingerprint density at radius 3 is 2.33 bits per heavy atom. The van der Waals surface area contributed by atoms with Crippen LogP contribution in [0.5, 0.6) is 11.5 Å². The molecule has 0 aromatic heterocycles. The highest BCUT2D eigenvalue weighted by Gasteiger charge is 2.27. The molecule has 1 amide bonds. The Balaban J connectivity index is 1.76. The number of benzene rings is 3. The van der Waals surface area contributed by atoms with Crippen molar-refractivity contribution in [1.82, 2.24) is 5.43 Å². The molecule has 0 saturated heterocycles. The molecule has 0 aliphatic carbocycles. The summed E-state index contributed by atoms with van der Waals surface area (Å²) in [5.74, 6) is -0.279. The highest BCUT2D eigenvalue weighted by molar-refractivity contribution is 9.10. The number of amides is 1. The van der Waals surface area contributed by atoms with Crippen molar-refractivity contribution in [3.63, 3.8) is 0 Å². The average Bonchev–Trinajstić information content (AvgIpc) is 2.89. The van der Waals surface area contributed by atoms with Gasteiger partial charge in [-0.2, -0.15) is 5.10 Å². The number of carbonyl (C=O) groups is 2. The topological polar surface area (TPSA) is 124 Å². The second-order valence-corrected chi connectivity index (χ2v) is 9.84. The fourth-order valence-corrected chi connectivity index (χ4v) is 4.67. The Morgan fingerprint density at radius 2 is 1.69 bits per heavy atom. The lowest BCUT2D eigenvalue weighted by atomic mass is 10.2. The van der Waals surface area contributed by atoms with E-state index in [4.69, 9.17) is 9.47 Å². The summed E-state index contributed by atoms with van der Waals surface area (Å²) in [4.78, 5) is 24.0. The monoisotopic (exact) mass is 575 g/mol. The number of halogens is 1. The van der Waals surface area contributed by atoms with Crippen molar-refractivity contribution in [1.29, 1.82) is 0 Å². The molecule has 3 aromatic carbocycles. The van der Waals surface area contributed by atoms with E-state index in [1.165, 1.54) is 44.7 Å². The number of hydrogen-bond donors (Lipinski definition) is 1. The second-order valence-electron chi connectivity index (χ2n) is 7.06. The molecule has 0 unspecified atom stereocenters. The fraction of sp³-hybridized carbons (Fsp3) is 0.125. The molecule has 188 valence electrons. The van der Waals surface area contributed by atoms with Gasteiger partial charge in [0.15, 0.2) is 11.5 Å². The molecular formula is C24H22BrN3O7S. The van der Waals surface area contributed by atoms with Crippen molar-refractivity contribution in [2.24, 2.45) is 5.10 Å². The highest BCUT2D eigenvalue weighted by Crippen LogP contribution is 2.28. The first-order chi connectivity index (χ1) is 17.2. The summed E-state index contributed by atoms with van der Waals surface area (Å²) in [6, 6.07) is 18.9. The van der Waals surface area contributed by atoms with Gasteiger partial charge in [0.1, 0.15) is 6.54 Å². The molecule has 0 heterocycles. The van der Waals surface area contributed by atoms with E-state index in [1.807, 2.05) is 0 Å². The minimum absolute atomic E-state index is 0.0468. The molecule has 0 atom stereocenters. The molecule has 0 saturated carbocycles. The Hall–Kier alpha value is -3.90. The Kier molecular flexibility index (Phi) is 9.03. The first-order valence-corrected chi connectivity index (χ1v) is 12.6. The molecule has 0 aliphatic heterocycles. The Morgan fingerprint density at radius 1 is 1.00 bits per heavy atom. The lowest BCUT2D eigenvalue weighted by Gasteiger charge is -2.23. The van der Waals surface area contributed by atoms with E-state index in [9.17, 15) is 18.0 Å². The maximum atomic E-state index is 13.3. The van der Waals surface area contributed by atoms with Crippen molar-refractivity contribution >= 4 is 49.9 Å². The summed E-state index contributed by atoms with van der Waals surface area (Å²) in [7, 11) is -1.45. The van der Waals surface area contributed by atoms with Crippen LogP contribution >= 0.6 is 15.9 Å². The zero-order valence-corrected chi connectivity index (χ0v) is 21.7. The maximum absolute atomic E-state index is 13.3. The molecule has 36 heavy (non-hydrogen) atoms. The quantitative estimate of drug-likeness (QED) is 0.177. The molecule has 0 fully saturated rings. The van der Waals surface area contributed by atoms with E-state index < -0.39 is 28.6 Å². The molecule has 10 nitrogen and oxygen atoms in total. The zero-order chi connectivity index (χ0) is 26.1. The predicted octanol–water partition coefficient (Wildman–Crippen LogP) is 3.95. The Labute approximate surface area is 216 Å². The number of anilines is 1. The van der Waals surface area contributed by atoms with Gasteiger partial charge in [0, 0.05) is 4.47 Å². The molecule has 3 aromatic rings. The maximum Gasteiger partial charge on any atom is 0.513 e. The molecular weight excluding hydrogens is 554 g/mol. The number of nitrogens with one attached hydrogen (secondary N) is 1. The van der Waals surface area contributed by atoms with Gasteiger partial charge in [-0.15, -0.1) is 0 Å². The highest BCUT2D eigenvalue weighted by atomic mass is 79.9. The number of hydrogen-bond acceptors (Lipinski definition) is 8. The molecule has 0 spiro atoms. The van der Waals surface area contributed by atoms with E-state index >= 15 is 0 Å². The van der Waals surface area contributed by atoms with Crippen LogP contribution < -0.4 is 19.2 Å². The number of carbonyl (C=O) groups excluding carboxylic acids is 2. The van der Waals surface area contributed by atoms with Gasteiger partial charge in [0.25, 0.3) is 15.9 Å². The third-order valence-electron chi connectivity index (χ3n) is 4.68. The normalized spacial score (nSPS) is 11.1. The van der Waals surface area contributed by atoms with Crippen LogP contribution in [0.2, 0.25) is 0 Å². The standard InChI is InChI=1S/C24H22BrN3O7S/c1-33-22-14-17(8-13-21(22)35-24(30)34-2)15-26-27-23(29)16-28(19-11-9-18(25)10-12-19)36(31,32)20-6-4-3-5-7-20/h3-15H,16H2,1-2H3,(H,27,29)/b26-15-. The first-order valence-electron chi connectivity index (χ1n) is 10.3. The molecule has 1 N–H and O–H groups in total. The van der Waals surface area contributed by atoms with Crippen LogP contribution in [0, 0.1) is 0 Å². The number of nitrogens with zero attached hydrogens (tertiary/aromatic N) is 2. The van der Waals surface area contributed by atoms with Crippen LogP contribution in [0.1, 0.15) is 5.56 Å². The summed E-state index contributed by atoms with van der Waals surface area (Å²) in [6.45, 7) is -0.509. The summed E-state index contributed by atoms with van der Waals surface area (Å²) in [6.07, 6.45) is 0.431. The molecule has 3 rings (SSSR count). The van der Waals surface area contributed by atoms with Crippen molar-refractivity contribution in [2.75, 3.05) is 25.1 Å². The SMILES string of the molecule is COC(=O)Oc1ccc(/C=N\NC(=O)CN(c2ccc(Br)cc2)S(=O)(=O)c2ccccc2)cc1OC. The van der Waals surface area contributed by atoms with Gasteiger partial charge in [-0.25, -0.2) is 18.6 Å². The van der Waals surface area contributed by atoms with Crippen LogP contribution in [-0.4, -0.2) is 47.5 Å². The van der Waals surface area contributed by atoms with E-state index in [0.29, 0.717) is 11.3 Å².